The topological polar surface area (TPSA) is 115 Å². The van der Waals surface area contributed by atoms with E-state index in [0.29, 0.717) is 18.0 Å². The predicted molar refractivity (Wildman–Crippen MR) is 127 cm³/mol. The summed E-state index contributed by atoms with van der Waals surface area (Å²) in [4.78, 5) is 23.0. The van der Waals surface area contributed by atoms with Crippen molar-refractivity contribution in [1.82, 2.24) is 19.1 Å². The predicted octanol–water partition coefficient (Wildman–Crippen LogP) is 3.41. The van der Waals surface area contributed by atoms with Crippen molar-refractivity contribution in [1.29, 1.82) is 0 Å². The lowest BCUT2D eigenvalue weighted by Gasteiger charge is -2.31. The van der Waals surface area contributed by atoms with Gasteiger partial charge in [-0.25, -0.2) is 4.79 Å². The van der Waals surface area contributed by atoms with Crippen LogP contribution in [-0.4, -0.2) is 69.7 Å². The van der Waals surface area contributed by atoms with Crippen molar-refractivity contribution in [3.8, 4) is 0 Å². The fourth-order valence-corrected chi connectivity index (χ4v) is 6.08. The molecule has 0 radical (unpaired) electrons. The lowest BCUT2D eigenvalue weighted by Crippen LogP contribution is -2.52. The molecule has 2 N–H and O–H groups in total. The number of carbonyl (C=O) groups is 1. The molecule has 2 aliphatic rings. The van der Waals surface area contributed by atoms with Gasteiger partial charge in [-0.3, -0.25) is 9.74 Å². The highest BCUT2D eigenvalue weighted by Gasteiger charge is 2.48. The molecule has 1 saturated heterocycles. The molecule has 2 atom stereocenters. The monoisotopic (exact) mass is 493 g/mol. The summed E-state index contributed by atoms with van der Waals surface area (Å²) < 4.78 is 26.7. The molecule has 0 bridgehead atoms. The van der Waals surface area contributed by atoms with E-state index in [9.17, 15) is 18.3 Å². The van der Waals surface area contributed by atoms with Gasteiger partial charge in [0.05, 0.1) is 17.7 Å². The van der Waals surface area contributed by atoms with E-state index in [0.717, 1.165) is 55.8 Å². The Morgan fingerprint density at radius 2 is 1.81 bits per heavy atom. The average Bonchev–Trinajstić information content (AvgIpc) is 3.28. The number of thioether (sulfide) groups is 1. The lowest BCUT2D eigenvalue weighted by atomic mass is 10.2. The van der Waals surface area contributed by atoms with Gasteiger partial charge in [0.15, 0.2) is 11.7 Å². The summed E-state index contributed by atoms with van der Waals surface area (Å²) in [5.74, 6) is 0. The molecule has 186 valence electrons. The zero-order chi connectivity index (χ0) is 23.7. The van der Waals surface area contributed by atoms with Gasteiger partial charge in [0.25, 0.3) is 0 Å². The zero-order valence-electron chi connectivity index (χ0n) is 19.7. The van der Waals surface area contributed by atoms with Gasteiger partial charge in [-0.1, -0.05) is 69.0 Å². The maximum atomic E-state index is 13.1. The van der Waals surface area contributed by atoms with Crippen LogP contribution in [0.2, 0.25) is 0 Å². The highest BCUT2D eigenvalue weighted by molar-refractivity contribution is 8.15. The highest BCUT2D eigenvalue weighted by Crippen LogP contribution is 2.36. The Bertz CT molecular complexity index is 734. The van der Waals surface area contributed by atoms with Crippen LogP contribution in [0.15, 0.2) is 5.10 Å². The van der Waals surface area contributed by atoms with E-state index >= 15 is 0 Å². The van der Waals surface area contributed by atoms with Gasteiger partial charge < -0.3 is 10.0 Å². The summed E-state index contributed by atoms with van der Waals surface area (Å²) in [6.45, 7) is 8.33. The summed E-state index contributed by atoms with van der Waals surface area (Å²) in [7, 11) is -4.17. The SMILES string of the molecule is CCCCCCC1=NN(S(=O)(=O)NOC(C)C)C(N2C(=O)N(CCCCCC)CC2O)S1. The van der Waals surface area contributed by atoms with Crippen molar-refractivity contribution < 1.29 is 23.2 Å². The Labute approximate surface area is 196 Å². The van der Waals surface area contributed by atoms with E-state index in [1.54, 1.807) is 18.7 Å². The molecule has 0 saturated carbocycles. The van der Waals surface area contributed by atoms with Gasteiger partial charge in [-0.15, -0.1) is 4.41 Å². The Morgan fingerprint density at radius 1 is 1.16 bits per heavy atom. The number of unbranched alkanes of at least 4 members (excludes halogenated alkanes) is 6. The first-order valence-corrected chi connectivity index (χ1v) is 14.0. The first-order valence-electron chi connectivity index (χ1n) is 11.7. The van der Waals surface area contributed by atoms with E-state index in [1.165, 1.54) is 16.7 Å². The fourth-order valence-electron chi connectivity index (χ4n) is 3.50. The third-order valence-corrected chi connectivity index (χ3v) is 7.65. The van der Waals surface area contributed by atoms with Gasteiger partial charge in [0, 0.05) is 6.54 Å². The maximum Gasteiger partial charge on any atom is 0.341 e. The molecule has 12 heteroatoms. The van der Waals surface area contributed by atoms with Crippen molar-refractivity contribution in [3.05, 3.63) is 0 Å². The number of hydrogen-bond donors (Lipinski definition) is 2. The molecule has 0 aromatic heterocycles. The van der Waals surface area contributed by atoms with Crippen molar-refractivity contribution in [2.75, 3.05) is 13.1 Å². The third kappa shape index (κ3) is 7.47. The van der Waals surface area contributed by atoms with E-state index in [-0.39, 0.29) is 18.7 Å². The van der Waals surface area contributed by atoms with Gasteiger partial charge in [0.2, 0.25) is 0 Å². The molecule has 2 rings (SSSR count). The first-order chi connectivity index (χ1) is 15.2. The number of aliphatic hydroxyl groups excluding tert-OH is 1. The standard InChI is InChI=1S/C20H39N5O5S2/c1-5-7-9-11-13-17-21-25(32(28,29)22-30-16(3)4)20(31-17)24-18(26)15-23(19(24)27)14-12-10-8-6-2/h16,18,20,22,26H,5-15H2,1-4H3. The number of amides is 2. The fraction of sp³-hybridized carbons (Fsp3) is 0.900. The maximum absolute atomic E-state index is 13.1. The number of aliphatic hydroxyl groups is 1. The van der Waals surface area contributed by atoms with E-state index in [4.69, 9.17) is 4.84 Å². The van der Waals surface area contributed by atoms with Crippen molar-refractivity contribution in [2.45, 2.75) is 103 Å². The van der Waals surface area contributed by atoms with E-state index in [2.05, 4.69) is 23.8 Å². The minimum Gasteiger partial charge on any atom is -0.371 e. The normalized spacial score (nSPS) is 21.9. The largest absolute Gasteiger partial charge is 0.371 e. The second-order valence-corrected chi connectivity index (χ2v) is 11.1. The molecule has 2 aliphatic heterocycles. The molecule has 2 unspecified atom stereocenters. The number of hydrazone groups is 1. The molecule has 0 aromatic rings. The van der Waals surface area contributed by atoms with Gasteiger partial charge >= 0.3 is 16.2 Å². The average molecular weight is 494 g/mol. The minimum absolute atomic E-state index is 0.150. The molecular formula is C20H39N5O5S2. The number of nitrogens with one attached hydrogen (secondary N) is 1. The van der Waals surface area contributed by atoms with Crippen molar-refractivity contribution >= 4 is 33.0 Å². The van der Waals surface area contributed by atoms with Crippen LogP contribution in [0.3, 0.4) is 0 Å². The summed E-state index contributed by atoms with van der Waals surface area (Å²) in [5, 5.41) is 15.6. The molecule has 0 aromatic carbocycles. The number of hydrogen-bond acceptors (Lipinski definition) is 7. The summed E-state index contributed by atoms with van der Waals surface area (Å²) >= 11 is 1.20. The van der Waals surface area contributed by atoms with Crippen LogP contribution < -0.4 is 4.89 Å². The van der Waals surface area contributed by atoms with Crippen LogP contribution >= 0.6 is 11.8 Å². The number of carbonyl (C=O) groups excluding carboxylic acids is 1. The van der Waals surface area contributed by atoms with E-state index in [1.807, 2.05) is 0 Å². The van der Waals surface area contributed by atoms with Gasteiger partial charge in [0.1, 0.15) is 0 Å². The minimum atomic E-state index is -4.17. The van der Waals surface area contributed by atoms with Crippen LogP contribution in [0.5, 0.6) is 0 Å². The van der Waals surface area contributed by atoms with Crippen LogP contribution in [0.1, 0.15) is 85.5 Å². The molecule has 10 nitrogen and oxygen atoms in total. The summed E-state index contributed by atoms with van der Waals surface area (Å²) in [6, 6.07) is -0.376. The number of nitrogens with zero attached hydrogens (tertiary/aromatic N) is 4. The third-order valence-electron chi connectivity index (χ3n) is 5.24. The number of β-amino-alcohol motifs (C(OH)–C–C–N with tert-alkyl or cyclic N) is 1. The molecule has 0 spiro atoms. The van der Waals surface area contributed by atoms with E-state index < -0.39 is 21.9 Å². The quantitative estimate of drug-likeness (QED) is 0.267. The first kappa shape index (κ1) is 27.2. The molecule has 0 aliphatic carbocycles. The second kappa shape index (κ2) is 13.0. The molecule has 2 heterocycles. The van der Waals surface area contributed by atoms with Crippen LogP contribution in [0, 0.1) is 0 Å². The number of urea groups is 1. The Morgan fingerprint density at radius 3 is 2.44 bits per heavy atom. The number of rotatable bonds is 15. The molecule has 32 heavy (non-hydrogen) atoms. The Hall–Kier alpha value is -1.08. The molecule has 2 amide bonds. The molecule has 1 fully saturated rings. The lowest BCUT2D eigenvalue weighted by molar-refractivity contribution is 0.0219. The Kier molecular flexibility index (Phi) is 11.0. The van der Waals surface area contributed by atoms with Crippen LogP contribution in [-0.2, 0) is 15.0 Å². The van der Waals surface area contributed by atoms with Gasteiger partial charge in [-0.2, -0.15) is 13.5 Å². The summed E-state index contributed by atoms with van der Waals surface area (Å²) in [5.41, 5.74) is -0.993. The Balaban J connectivity index is 2.14. The van der Waals surface area contributed by atoms with Crippen molar-refractivity contribution in [3.63, 3.8) is 0 Å². The van der Waals surface area contributed by atoms with Crippen LogP contribution in [0.4, 0.5) is 4.79 Å². The zero-order valence-corrected chi connectivity index (χ0v) is 21.3. The molecular weight excluding hydrogens is 454 g/mol. The van der Waals surface area contributed by atoms with Gasteiger partial charge in [-0.05, 0) is 33.1 Å². The summed E-state index contributed by atoms with van der Waals surface area (Å²) in [6.07, 6.45) is 7.31. The van der Waals surface area contributed by atoms with Crippen molar-refractivity contribution in [2.24, 2.45) is 5.10 Å². The smallest absolute Gasteiger partial charge is 0.341 e. The second-order valence-electron chi connectivity index (χ2n) is 8.45. The van der Waals surface area contributed by atoms with Crippen LogP contribution in [0.25, 0.3) is 0 Å². The highest BCUT2D eigenvalue weighted by atomic mass is 32.2.